The number of nitrogens with zero attached hydrogens (tertiary/aromatic N) is 1. The lowest BCUT2D eigenvalue weighted by molar-refractivity contribution is -0.138. The van der Waals surface area contributed by atoms with E-state index in [9.17, 15) is 9.59 Å². The van der Waals surface area contributed by atoms with Gasteiger partial charge in [0.2, 0.25) is 0 Å². The highest BCUT2D eigenvalue weighted by Crippen LogP contribution is 2.38. The lowest BCUT2D eigenvalue weighted by Gasteiger charge is -2.19. The van der Waals surface area contributed by atoms with Crippen LogP contribution in [0.25, 0.3) is 5.57 Å². The van der Waals surface area contributed by atoms with E-state index >= 15 is 0 Å². The van der Waals surface area contributed by atoms with Crippen LogP contribution in [-0.4, -0.2) is 37.0 Å². The lowest BCUT2D eigenvalue weighted by Crippen LogP contribution is -2.38. The highest BCUT2D eigenvalue weighted by Gasteiger charge is 2.41. The summed E-state index contributed by atoms with van der Waals surface area (Å²) >= 11 is 12.3. The Kier molecular flexibility index (Phi) is 6.05. The van der Waals surface area contributed by atoms with Crippen LogP contribution in [0.4, 0.5) is 5.69 Å². The lowest BCUT2D eigenvalue weighted by atomic mass is 10.0. The van der Waals surface area contributed by atoms with E-state index in [4.69, 9.17) is 32.7 Å². The molecule has 0 bridgehead atoms. The summed E-state index contributed by atoms with van der Waals surface area (Å²) in [5, 5.41) is 3.77. The van der Waals surface area contributed by atoms with Crippen molar-refractivity contribution in [3.05, 3.63) is 57.7 Å². The first-order valence-electron chi connectivity index (χ1n) is 8.85. The SMILES string of the molecule is COc1ccc(NC2=C(c3ccc(Cl)cc3Cl)C(=O)N(C(C)C)C2=O)c(OC)c1. The first kappa shape index (κ1) is 21.0. The molecule has 0 saturated carbocycles. The van der Waals surface area contributed by atoms with Crippen LogP contribution in [0.1, 0.15) is 19.4 Å². The van der Waals surface area contributed by atoms with E-state index in [-0.39, 0.29) is 22.3 Å². The summed E-state index contributed by atoms with van der Waals surface area (Å²) in [5.74, 6) is 0.190. The van der Waals surface area contributed by atoms with Crippen molar-refractivity contribution in [2.75, 3.05) is 19.5 Å². The number of methoxy groups -OCH3 is 2. The number of benzene rings is 2. The molecule has 0 aromatic heterocycles. The number of nitrogens with one attached hydrogen (secondary N) is 1. The van der Waals surface area contributed by atoms with E-state index in [1.807, 2.05) is 0 Å². The monoisotopic (exact) mass is 434 g/mol. The van der Waals surface area contributed by atoms with Gasteiger partial charge in [-0.15, -0.1) is 0 Å². The van der Waals surface area contributed by atoms with Crippen molar-refractivity contribution in [2.45, 2.75) is 19.9 Å². The molecule has 3 rings (SSSR count). The minimum Gasteiger partial charge on any atom is -0.497 e. The zero-order valence-corrected chi connectivity index (χ0v) is 17.9. The van der Waals surface area contributed by atoms with Gasteiger partial charge in [0.15, 0.2) is 0 Å². The molecule has 0 unspecified atom stereocenters. The summed E-state index contributed by atoms with van der Waals surface area (Å²) in [6, 6.07) is 9.57. The fourth-order valence-electron chi connectivity index (χ4n) is 3.11. The van der Waals surface area contributed by atoms with Crippen molar-refractivity contribution < 1.29 is 19.1 Å². The van der Waals surface area contributed by atoms with Crippen molar-refractivity contribution in [2.24, 2.45) is 0 Å². The molecule has 1 N–H and O–H groups in total. The van der Waals surface area contributed by atoms with Gasteiger partial charge in [-0.1, -0.05) is 29.3 Å². The minimum absolute atomic E-state index is 0.122. The zero-order valence-electron chi connectivity index (χ0n) is 16.4. The van der Waals surface area contributed by atoms with Gasteiger partial charge in [-0.3, -0.25) is 14.5 Å². The molecule has 8 heteroatoms. The largest absolute Gasteiger partial charge is 0.497 e. The maximum atomic E-state index is 13.1. The molecular formula is C21H20Cl2N2O4. The van der Waals surface area contributed by atoms with Crippen LogP contribution < -0.4 is 14.8 Å². The Morgan fingerprint density at radius 2 is 1.69 bits per heavy atom. The van der Waals surface area contributed by atoms with Crippen molar-refractivity contribution in [3.63, 3.8) is 0 Å². The van der Waals surface area contributed by atoms with E-state index in [1.165, 1.54) is 18.1 Å². The number of ether oxygens (including phenoxy) is 2. The summed E-state index contributed by atoms with van der Waals surface area (Å²) in [7, 11) is 3.05. The molecule has 1 aliphatic rings. The smallest absolute Gasteiger partial charge is 0.278 e. The number of halogens is 2. The van der Waals surface area contributed by atoms with Gasteiger partial charge in [0.05, 0.1) is 30.5 Å². The Morgan fingerprint density at radius 1 is 0.966 bits per heavy atom. The second kappa shape index (κ2) is 8.35. The first-order chi connectivity index (χ1) is 13.8. The Bertz CT molecular complexity index is 1020. The molecule has 2 aromatic carbocycles. The summed E-state index contributed by atoms with van der Waals surface area (Å²) < 4.78 is 10.6. The zero-order chi connectivity index (χ0) is 21.3. The summed E-state index contributed by atoms with van der Waals surface area (Å²) in [4.78, 5) is 27.4. The summed E-state index contributed by atoms with van der Waals surface area (Å²) in [6.07, 6.45) is 0. The number of amides is 2. The second-order valence-corrected chi connectivity index (χ2v) is 7.48. The molecule has 0 saturated heterocycles. The fraction of sp³-hybridized carbons (Fsp3) is 0.238. The average molecular weight is 435 g/mol. The van der Waals surface area contributed by atoms with E-state index in [0.29, 0.717) is 27.8 Å². The van der Waals surface area contributed by atoms with Crippen LogP contribution in [0.5, 0.6) is 11.5 Å². The molecule has 0 spiro atoms. The molecule has 0 atom stereocenters. The topological polar surface area (TPSA) is 67.9 Å². The van der Waals surface area contributed by atoms with Gasteiger partial charge in [0.1, 0.15) is 17.2 Å². The predicted octanol–water partition coefficient (Wildman–Crippen LogP) is 4.61. The van der Waals surface area contributed by atoms with E-state index in [1.54, 1.807) is 51.3 Å². The summed E-state index contributed by atoms with van der Waals surface area (Å²) in [5.41, 5.74) is 1.24. The molecule has 6 nitrogen and oxygen atoms in total. The second-order valence-electron chi connectivity index (χ2n) is 6.64. The van der Waals surface area contributed by atoms with Crippen molar-refractivity contribution in [3.8, 4) is 11.5 Å². The van der Waals surface area contributed by atoms with Gasteiger partial charge in [-0.25, -0.2) is 0 Å². The number of anilines is 1. The highest BCUT2D eigenvalue weighted by atomic mass is 35.5. The summed E-state index contributed by atoms with van der Waals surface area (Å²) in [6.45, 7) is 3.54. The van der Waals surface area contributed by atoms with Crippen LogP contribution in [0.2, 0.25) is 10.0 Å². The standard InChI is InChI=1S/C21H20Cl2N2O4/c1-11(2)25-20(26)18(14-7-5-12(22)9-15(14)23)19(21(25)27)24-16-8-6-13(28-3)10-17(16)29-4/h5-11,24H,1-4H3. The molecule has 29 heavy (non-hydrogen) atoms. The van der Waals surface area contributed by atoms with Gasteiger partial charge < -0.3 is 14.8 Å². The highest BCUT2D eigenvalue weighted by molar-refractivity contribution is 6.41. The molecule has 0 aliphatic carbocycles. The number of hydrogen-bond acceptors (Lipinski definition) is 5. The molecule has 152 valence electrons. The predicted molar refractivity (Wildman–Crippen MR) is 114 cm³/mol. The quantitative estimate of drug-likeness (QED) is 0.672. The van der Waals surface area contributed by atoms with Crippen LogP contribution in [0, 0.1) is 0 Å². The Morgan fingerprint density at radius 3 is 2.28 bits per heavy atom. The van der Waals surface area contributed by atoms with Crippen LogP contribution >= 0.6 is 23.2 Å². The van der Waals surface area contributed by atoms with Gasteiger partial charge >= 0.3 is 0 Å². The molecule has 1 heterocycles. The first-order valence-corrected chi connectivity index (χ1v) is 9.60. The molecule has 2 amide bonds. The normalized spacial score (nSPS) is 14.1. The molecule has 1 aliphatic heterocycles. The van der Waals surface area contributed by atoms with Gasteiger partial charge in [-0.2, -0.15) is 0 Å². The van der Waals surface area contributed by atoms with E-state index < -0.39 is 11.8 Å². The molecule has 0 fully saturated rings. The number of rotatable bonds is 6. The average Bonchev–Trinajstić information content (AvgIpc) is 2.92. The Labute approximate surface area is 179 Å². The van der Waals surface area contributed by atoms with Crippen molar-refractivity contribution in [1.29, 1.82) is 0 Å². The number of carbonyl (C=O) groups is 2. The Hall–Kier alpha value is -2.70. The molecular weight excluding hydrogens is 415 g/mol. The van der Waals surface area contributed by atoms with Crippen molar-refractivity contribution in [1.82, 2.24) is 4.90 Å². The third kappa shape index (κ3) is 3.91. The number of hydrogen-bond donors (Lipinski definition) is 1. The maximum Gasteiger partial charge on any atom is 0.278 e. The number of imide groups is 1. The van der Waals surface area contributed by atoms with Gasteiger partial charge in [0.25, 0.3) is 11.8 Å². The Balaban J connectivity index is 2.16. The fourth-order valence-corrected chi connectivity index (χ4v) is 3.61. The molecule has 0 radical (unpaired) electrons. The van der Waals surface area contributed by atoms with E-state index in [2.05, 4.69) is 5.32 Å². The van der Waals surface area contributed by atoms with Gasteiger partial charge in [-0.05, 0) is 38.1 Å². The minimum atomic E-state index is -0.441. The van der Waals surface area contributed by atoms with E-state index in [0.717, 1.165) is 0 Å². The number of carbonyl (C=O) groups excluding carboxylic acids is 2. The maximum absolute atomic E-state index is 13.1. The van der Waals surface area contributed by atoms with Gasteiger partial charge in [0, 0.05) is 22.7 Å². The van der Waals surface area contributed by atoms with Crippen LogP contribution in [0.3, 0.4) is 0 Å². The third-order valence-electron chi connectivity index (χ3n) is 4.50. The third-order valence-corrected chi connectivity index (χ3v) is 5.05. The van der Waals surface area contributed by atoms with Crippen LogP contribution in [-0.2, 0) is 9.59 Å². The molecule has 2 aromatic rings. The van der Waals surface area contributed by atoms with Crippen LogP contribution in [0.15, 0.2) is 42.1 Å². The van der Waals surface area contributed by atoms with Crippen molar-refractivity contribution >= 4 is 46.3 Å².